The molecule has 0 bridgehead atoms. The molecular formula is C11H13ClN2. The Morgan fingerprint density at radius 2 is 2.21 bits per heavy atom. The summed E-state index contributed by atoms with van der Waals surface area (Å²) in [6, 6.07) is 5.85. The Balaban J connectivity index is 2.73. The largest absolute Gasteiger partial charge is 0.327 e. The molecule has 74 valence electrons. The van der Waals surface area contributed by atoms with E-state index in [0.717, 1.165) is 34.8 Å². The number of nitrogens with zero attached hydrogens (tertiary/aromatic N) is 2. The van der Waals surface area contributed by atoms with Crippen LogP contribution in [-0.2, 0) is 6.54 Å². The van der Waals surface area contributed by atoms with Gasteiger partial charge in [0.25, 0.3) is 0 Å². The topological polar surface area (TPSA) is 17.8 Å². The van der Waals surface area contributed by atoms with Crippen LogP contribution >= 0.6 is 11.6 Å². The van der Waals surface area contributed by atoms with E-state index in [1.165, 1.54) is 0 Å². The minimum Gasteiger partial charge on any atom is -0.327 e. The molecule has 1 aromatic heterocycles. The SMILES string of the molecule is CCCn1c(C)nc2cccc(Cl)c21. The molecule has 1 heterocycles. The smallest absolute Gasteiger partial charge is 0.106 e. The third-order valence-corrected chi connectivity index (χ3v) is 2.66. The molecule has 0 saturated carbocycles. The second kappa shape index (κ2) is 3.62. The Morgan fingerprint density at radius 1 is 1.43 bits per heavy atom. The third kappa shape index (κ3) is 1.40. The van der Waals surface area contributed by atoms with Crippen molar-refractivity contribution in [2.24, 2.45) is 0 Å². The monoisotopic (exact) mass is 208 g/mol. The highest BCUT2D eigenvalue weighted by molar-refractivity contribution is 6.35. The number of halogens is 1. The van der Waals surface area contributed by atoms with Crippen LogP contribution in [0.4, 0.5) is 0 Å². The first-order valence-electron chi connectivity index (χ1n) is 4.85. The molecule has 3 heteroatoms. The van der Waals surface area contributed by atoms with E-state index in [-0.39, 0.29) is 0 Å². The van der Waals surface area contributed by atoms with Gasteiger partial charge in [0.2, 0.25) is 0 Å². The lowest BCUT2D eigenvalue weighted by Gasteiger charge is -2.04. The van der Waals surface area contributed by atoms with Crippen molar-refractivity contribution >= 4 is 22.6 Å². The van der Waals surface area contributed by atoms with Crippen LogP contribution in [0.5, 0.6) is 0 Å². The average Bonchev–Trinajstić information content (AvgIpc) is 2.45. The number of aromatic nitrogens is 2. The number of hydrogen-bond acceptors (Lipinski definition) is 1. The quantitative estimate of drug-likeness (QED) is 0.740. The van der Waals surface area contributed by atoms with Gasteiger partial charge in [0.1, 0.15) is 5.82 Å². The molecule has 0 amide bonds. The summed E-state index contributed by atoms with van der Waals surface area (Å²) in [6.07, 6.45) is 1.09. The van der Waals surface area contributed by atoms with Crippen LogP contribution < -0.4 is 0 Å². The zero-order valence-corrected chi connectivity index (χ0v) is 9.17. The first-order chi connectivity index (χ1) is 6.74. The standard InChI is InChI=1S/C11H13ClN2/c1-3-7-14-8(2)13-10-6-4-5-9(12)11(10)14/h4-6H,3,7H2,1-2H3. The average molecular weight is 209 g/mol. The summed E-state index contributed by atoms with van der Waals surface area (Å²) in [4.78, 5) is 4.47. The zero-order chi connectivity index (χ0) is 10.1. The van der Waals surface area contributed by atoms with Crippen molar-refractivity contribution in [1.29, 1.82) is 0 Å². The number of para-hydroxylation sites is 1. The normalized spacial score (nSPS) is 11.1. The third-order valence-electron chi connectivity index (χ3n) is 2.36. The van der Waals surface area contributed by atoms with Gasteiger partial charge in [-0.25, -0.2) is 4.98 Å². The molecular weight excluding hydrogens is 196 g/mol. The maximum absolute atomic E-state index is 6.15. The Labute approximate surface area is 88.5 Å². The number of aryl methyl sites for hydroxylation is 2. The molecule has 0 fully saturated rings. The highest BCUT2D eigenvalue weighted by Crippen LogP contribution is 2.24. The molecule has 14 heavy (non-hydrogen) atoms. The molecule has 1 aromatic carbocycles. The molecule has 0 radical (unpaired) electrons. The van der Waals surface area contributed by atoms with E-state index in [2.05, 4.69) is 16.5 Å². The summed E-state index contributed by atoms with van der Waals surface area (Å²) < 4.78 is 2.18. The van der Waals surface area contributed by atoms with Gasteiger partial charge in [-0.1, -0.05) is 24.6 Å². The number of rotatable bonds is 2. The number of fused-ring (bicyclic) bond motifs is 1. The molecule has 0 atom stereocenters. The first kappa shape index (κ1) is 9.53. The fraction of sp³-hybridized carbons (Fsp3) is 0.364. The van der Waals surface area contributed by atoms with Gasteiger partial charge < -0.3 is 4.57 Å². The summed E-state index contributed by atoms with van der Waals surface area (Å²) in [5, 5.41) is 0.788. The van der Waals surface area contributed by atoms with Crippen molar-refractivity contribution in [2.45, 2.75) is 26.8 Å². The highest BCUT2D eigenvalue weighted by atomic mass is 35.5. The van der Waals surface area contributed by atoms with Crippen LogP contribution in [0, 0.1) is 6.92 Å². The zero-order valence-electron chi connectivity index (χ0n) is 8.42. The molecule has 0 aliphatic carbocycles. The van der Waals surface area contributed by atoms with Gasteiger partial charge in [0.05, 0.1) is 16.1 Å². The minimum atomic E-state index is 0.788. The lowest BCUT2D eigenvalue weighted by Crippen LogP contribution is -1.99. The van der Waals surface area contributed by atoms with Crippen molar-refractivity contribution in [3.8, 4) is 0 Å². The van der Waals surface area contributed by atoms with Crippen LogP contribution in [0.25, 0.3) is 11.0 Å². The number of hydrogen-bond donors (Lipinski definition) is 0. The molecule has 0 unspecified atom stereocenters. The summed E-state index contributed by atoms with van der Waals surface area (Å²) in [5.74, 6) is 1.04. The van der Waals surface area contributed by atoms with E-state index in [9.17, 15) is 0 Å². The Hall–Kier alpha value is -1.02. The van der Waals surface area contributed by atoms with Gasteiger partial charge in [-0.15, -0.1) is 0 Å². The maximum Gasteiger partial charge on any atom is 0.106 e. The summed E-state index contributed by atoms with van der Waals surface area (Å²) >= 11 is 6.15. The van der Waals surface area contributed by atoms with Gasteiger partial charge >= 0.3 is 0 Å². The molecule has 2 nitrogen and oxygen atoms in total. The van der Waals surface area contributed by atoms with Crippen molar-refractivity contribution in [2.75, 3.05) is 0 Å². The number of benzene rings is 1. The number of imidazole rings is 1. The van der Waals surface area contributed by atoms with E-state index in [1.54, 1.807) is 0 Å². The van der Waals surface area contributed by atoms with Crippen LogP contribution in [0.1, 0.15) is 19.2 Å². The van der Waals surface area contributed by atoms with Gasteiger partial charge in [-0.2, -0.15) is 0 Å². The summed E-state index contributed by atoms with van der Waals surface area (Å²) in [6.45, 7) is 5.15. The lowest BCUT2D eigenvalue weighted by atomic mass is 10.3. The van der Waals surface area contributed by atoms with E-state index in [1.807, 2.05) is 25.1 Å². The molecule has 0 N–H and O–H groups in total. The molecule has 2 rings (SSSR count). The van der Waals surface area contributed by atoms with Gasteiger partial charge in [0.15, 0.2) is 0 Å². The molecule has 2 aromatic rings. The Morgan fingerprint density at radius 3 is 2.93 bits per heavy atom. The van der Waals surface area contributed by atoms with Gasteiger partial charge in [-0.3, -0.25) is 0 Å². The van der Waals surface area contributed by atoms with Gasteiger partial charge in [0, 0.05) is 6.54 Å². The van der Waals surface area contributed by atoms with E-state index in [0.29, 0.717) is 0 Å². The maximum atomic E-state index is 6.15. The molecule has 0 saturated heterocycles. The van der Waals surface area contributed by atoms with Crippen LogP contribution in [-0.4, -0.2) is 9.55 Å². The van der Waals surface area contributed by atoms with Crippen LogP contribution in [0.15, 0.2) is 18.2 Å². The second-order valence-electron chi connectivity index (χ2n) is 3.42. The van der Waals surface area contributed by atoms with Crippen molar-refractivity contribution in [1.82, 2.24) is 9.55 Å². The van der Waals surface area contributed by atoms with E-state index < -0.39 is 0 Å². The molecule has 0 aliphatic heterocycles. The van der Waals surface area contributed by atoms with Crippen molar-refractivity contribution in [3.63, 3.8) is 0 Å². The predicted octanol–water partition coefficient (Wildman–Crippen LogP) is 3.41. The van der Waals surface area contributed by atoms with Crippen molar-refractivity contribution < 1.29 is 0 Å². The van der Waals surface area contributed by atoms with Gasteiger partial charge in [-0.05, 0) is 25.5 Å². The first-order valence-corrected chi connectivity index (χ1v) is 5.23. The second-order valence-corrected chi connectivity index (χ2v) is 3.83. The summed E-state index contributed by atoms with van der Waals surface area (Å²) in [5.41, 5.74) is 2.05. The molecule has 0 spiro atoms. The molecule has 0 aliphatic rings. The predicted molar refractivity (Wildman–Crippen MR) is 59.8 cm³/mol. The van der Waals surface area contributed by atoms with E-state index in [4.69, 9.17) is 11.6 Å². The summed E-state index contributed by atoms with van der Waals surface area (Å²) in [7, 11) is 0. The fourth-order valence-electron chi connectivity index (χ4n) is 1.76. The van der Waals surface area contributed by atoms with Crippen LogP contribution in [0.3, 0.4) is 0 Å². The minimum absolute atomic E-state index is 0.788. The Bertz CT molecular complexity index is 460. The fourth-order valence-corrected chi connectivity index (χ4v) is 2.03. The Kier molecular flexibility index (Phi) is 2.46. The van der Waals surface area contributed by atoms with Crippen molar-refractivity contribution in [3.05, 3.63) is 29.0 Å². The van der Waals surface area contributed by atoms with E-state index >= 15 is 0 Å². The lowest BCUT2D eigenvalue weighted by molar-refractivity contribution is 0.676. The highest BCUT2D eigenvalue weighted by Gasteiger charge is 2.08. The van der Waals surface area contributed by atoms with Crippen LogP contribution in [0.2, 0.25) is 5.02 Å².